The maximum Gasteiger partial charge on any atom is 0.224 e. The summed E-state index contributed by atoms with van der Waals surface area (Å²) in [5, 5.41) is 2.86. The molecule has 0 aliphatic carbocycles. The van der Waals surface area contributed by atoms with Crippen LogP contribution in [0.25, 0.3) is 0 Å². The number of methoxy groups -OCH3 is 1. The van der Waals surface area contributed by atoms with E-state index in [1.165, 1.54) is 0 Å². The molecule has 4 nitrogen and oxygen atoms in total. The second-order valence-corrected chi connectivity index (χ2v) is 4.18. The van der Waals surface area contributed by atoms with Crippen molar-refractivity contribution in [3.05, 3.63) is 29.8 Å². The predicted octanol–water partition coefficient (Wildman–Crippen LogP) is 1.72. The Kier molecular flexibility index (Phi) is 7.39. The van der Waals surface area contributed by atoms with Crippen molar-refractivity contribution in [2.24, 2.45) is 11.7 Å². The molecule has 0 bridgehead atoms. The van der Waals surface area contributed by atoms with Crippen molar-refractivity contribution in [3.63, 3.8) is 0 Å². The van der Waals surface area contributed by atoms with Gasteiger partial charge in [-0.1, -0.05) is 25.1 Å². The Bertz CT molecular complexity index is 383. The van der Waals surface area contributed by atoms with Crippen molar-refractivity contribution in [1.82, 2.24) is 5.32 Å². The second kappa shape index (κ2) is 7.95. The molecular weight excluding hydrogens is 252 g/mol. The molecule has 2 atom stereocenters. The molecule has 0 aliphatic rings. The average molecular weight is 273 g/mol. The highest BCUT2D eigenvalue weighted by molar-refractivity contribution is 5.85. The van der Waals surface area contributed by atoms with Crippen LogP contribution < -0.4 is 15.8 Å². The van der Waals surface area contributed by atoms with Gasteiger partial charge in [0.05, 0.1) is 7.11 Å². The summed E-state index contributed by atoms with van der Waals surface area (Å²) in [6, 6.07) is 7.47. The van der Waals surface area contributed by atoms with Gasteiger partial charge in [0, 0.05) is 24.1 Å². The van der Waals surface area contributed by atoms with Crippen LogP contribution >= 0.6 is 12.4 Å². The molecule has 0 radical (unpaired) electrons. The van der Waals surface area contributed by atoms with Gasteiger partial charge in [0.25, 0.3) is 0 Å². The van der Waals surface area contributed by atoms with Gasteiger partial charge in [-0.15, -0.1) is 12.4 Å². The number of para-hydroxylation sites is 1. The monoisotopic (exact) mass is 272 g/mol. The lowest BCUT2D eigenvalue weighted by Crippen LogP contribution is -2.38. The van der Waals surface area contributed by atoms with Gasteiger partial charge in [-0.25, -0.2) is 0 Å². The molecule has 0 saturated heterocycles. The minimum atomic E-state index is -0.190. The first kappa shape index (κ1) is 16.7. The highest BCUT2D eigenvalue weighted by Crippen LogP contribution is 2.16. The molecule has 0 fully saturated rings. The number of hydrogen-bond acceptors (Lipinski definition) is 3. The van der Waals surface area contributed by atoms with Crippen molar-refractivity contribution in [2.45, 2.75) is 26.4 Å². The lowest BCUT2D eigenvalue weighted by Gasteiger charge is -2.16. The Morgan fingerprint density at radius 2 is 2.00 bits per heavy atom. The fraction of sp³-hybridized carbons (Fsp3) is 0.462. The number of benzene rings is 1. The van der Waals surface area contributed by atoms with Gasteiger partial charge >= 0.3 is 0 Å². The zero-order valence-electron chi connectivity index (χ0n) is 11.0. The number of ether oxygens (including phenoxy) is 1. The summed E-state index contributed by atoms with van der Waals surface area (Å²) in [6.45, 7) is 4.11. The summed E-state index contributed by atoms with van der Waals surface area (Å²) in [7, 11) is 1.62. The lowest BCUT2D eigenvalue weighted by atomic mass is 10.0. The van der Waals surface area contributed by atoms with Gasteiger partial charge in [0.15, 0.2) is 0 Å². The molecule has 2 unspecified atom stereocenters. The Hall–Kier alpha value is -1.26. The molecule has 0 spiro atoms. The number of carbonyl (C=O) groups is 1. The van der Waals surface area contributed by atoms with Gasteiger partial charge in [0.1, 0.15) is 5.75 Å². The normalized spacial score (nSPS) is 13.1. The Morgan fingerprint density at radius 3 is 2.56 bits per heavy atom. The third kappa shape index (κ3) is 4.55. The van der Waals surface area contributed by atoms with E-state index in [1.807, 2.05) is 38.1 Å². The molecule has 1 amide bonds. The molecule has 1 rings (SSSR count). The standard InChI is InChI=1S/C13H20N2O2.ClH/c1-9(10(2)14)13(16)15-8-11-6-4-5-7-12(11)17-3;/h4-7,9-10H,8,14H2,1-3H3,(H,15,16);1H. The highest BCUT2D eigenvalue weighted by atomic mass is 35.5. The summed E-state index contributed by atoms with van der Waals surface area (Å²) in [4.78, 5) is 11.7. The van der Waals surface area contributed by atoms with Gasteiger partial charge in [-0.3, -0.25) is 4.79 Å². The summed E-state index contributed by atoms with van der Waals surface area (Å²) in [6.07, 6.45) is 0. The molecule has 0 aromatic heterocycles. The fourth-order valence-corrected chi connectivity index (χ4v) is 1.43. The third-order valence-electron chi connectivity index (χ3n) is 2.85. The fourth-order valence-electron chi connectivity index (χ4n) is 1.43. The molecule has 1 aromatic rings. The van der Waals surface area contributed by atoms with Crippen molar-refractivity contribution in [1.29, 1.82) is 0 Å². The first-order valence-electron chi connectivity index (χ1n) is 5.71. The van der Waals surface area contributed by atoms with Crippen molar-refractivity contribution < 1.29 is 9.53 Å². The van der Waals surface area contributed by atoms with Gasteiger partial charge in [-0.2, -0.15) is 0 Å². The molecule has 0 saturated carbocycles. The number of rotatable bonds is 5. The van der Waals surface area contributed by atoms with Crippen LogP contribution in [0.5, 0.6) is 5.75 Å². The first-order chi connectivity index (χ1) is 8.06. The maximum atomic E-state index is 11.7. The van der Waals surface area contributed by atoms with Gasteiger partial charge in [0.2, 0.25) is 5.91 Å². The van der Waals surface area contributed by atoms with E-state index in [0.29, 0.717) is 6.54 Å². The average Bonchev–Trinajstić information content (AvgIpc) is 2.35. The smallest absolute Gasteiger partial charge is 0.224 e. The van der Waals surface area contributed by atoms with E-state index >= 15 is 0 Å². The SMILES string of the molecule is COc1ccccc1CNC(=O)C(C)C(C)N.Cl. The summed E-state index contributed by atoms with van der Waals surface area (Å²) in [5.74, 6) is 0.553. The van der Waals surface area contributed by atoms with Crippen molar-refractivity contribution >= 4 is 18.3 Å². The minimum Gasteiger partial charge on any atom is -0.496 e. The lowest BCUT2D eigenvalue weighted by molar-refractivity contribution is -0.125. The summed E-state index contributed by atoms with van der Waals surface area (Å²) < 4.78 is 5.21. The zero-order chi connectivity index (χ0) is 12.8. The molecule has 0 heterocycles. The van der Waals surface area contributed by atoms with Gasteiger partial charge < -0.3 is 15.8 Å². The van der Waals surface area contributed by atoms with Crippen LogP contribution in [-0.4, -0.2) is 19.1 Å². The van der Waals surface area contributed by atoms with Crippen LogP contribution in [0.15, 0.2) is 24.3 Å². The van der Waals surface area contributed by atoms with Crippen LogP contribution in [0.1, 0.15) is 19.4 Å². The Labute approximate surface area is 114 Å². The third-order valence-corrected chi connectivity index (χ3v) is 2.85. The Balaban J connectivity index is 0.00000289. The first-order valence-corrected chi connectivity index (χ1v) is 5.71. The van der Waals surface area contributed by atoms with E-state index < -0.39 is 0 Å². The number of carbonyl (C=O) groups excluding carboxylic acids is 1. The van der Waals surface area contributed by atoms with E-state index in [9.17, 15) is 4.79 Å². The van der Waals surface area contributed by atoms with E-state index in [4.69, 9.17) is 10.5 Å². The van der Waals surface area contributed by atoms with Crippen LogP contribution in [0.4, 0.5) is 0 Å². The minimum absolute atomic E-state index is 0. The molecule has 102 valence electrons. The van der Waals surface area contributed by atoms with Crippen LogP contribution in [0, 0.1) is 5.92 Å². The number of hydrogen-bond donors (Lipinski definition) is 2. The van der Waals surface area contributed by atoms with Crippen LogP contribution in [0.3, 0.4) is 0 Å². The Morgan fingerprint density at radius 1 is 1.39 bits per heavy atom. The quantitative estimate of drug-likeness (QED) is 0.858. The number of nitrogens with two attached hydrogens (primary N) is 1. The summed E-state index contributed by atoms with van der Waals surface area (Å²) >= 11 is 0. The van der Waals surface area contributed by atoms with Crippen LogP contribution in [-0.2, 0) is 11.3 Å². The molecule has 5 heteroatoms. The van der Waals surface area contributed by atoms with Crippen LogP contribution in [0.2, 0.25) is 0 Å². The van der Waals surface area contributed by atoms with E-state index in [0.717, 1.165) is 11.3 Å². The molecular formula is C13H21ClN2O2. The number of nitrogens with one attached hydrogen (secondary N) is 1. The van der Waals surface area contributed by atoms with E-state index in [1.54, 1.807) is 7.11 Å². The second-order valence-electron chi connectivity index (χ2n) is 4.18. The number of amides is 1. The maximum absolute atomic E-state index is 11.7. The van der Waals surface area contributed by atoms with Gasteiger partial charge in [-0.05, 0) is 13.0 Å². The van der Waals surface area contributed by atoms with Crippen molar-refractivity contribution in [3.8, 4) is 5.75 Å². The number of halogens is 1. The largest absolute Gasteiger partial charge is 0.496 e. The molecule has 1 aromatic carbocycles. The molecule has 0 aliphatic heterocycles. The van der Waals surface area contributed by atoms with E-state index in [2.05, 4.69) is 5.32 Å². The molecule has 18 heavy (non-hydrogen) atoms. The topological polar surface area (TPSA) is 64.3 Å². The summed E-state index contributed by atoms with van der Waals surface area (Å²) in [5.41, 5.74) is 6.63. The van der Waals surface area contributed by atoms with E-state index in [-0.39, 0.29) is 30.3 Å². The van der Waals surface area contributed by atoms with Crippen molar-refractivity contribution in [2.75, 3.05) is 7.11 Å². The highest BCUT2D eigenvalue weighted by Gasteiger charge is 2.16. The zero-order valence-corrected chi connectivity index (χ0v) is 11.8. The predicted molar refractivity (Wildman–Crippen MR) is 74.9 cm³/mol. The molecule has 3 N–H and O–H groups in total.